The van der Waals surface area contributed by atoms with Crippen LogP contribution in [0.3, 0.4) is 0 Å². The molecular formula is C22H22F6N2O. The Morgan fingerprint density at radius 2 is 1.58 bits per heavy atom. The molecule has 9 heteroatoms. The van der Waals surface area contributed by atoms with E-state index in [1.165, 1.54) is 0 Å². The number of alkyl halides is 6. The van der Waals surface area contributed by atoms with E-state index in [0.29, 0.717) is 18.7 Å². The van der Waals surface area contributed by atoms with Crippen LogP contribution in [-0.2, 0) is 29.2 Å². The van der Waals surface area contributed by atoms with Gasteiger partial charge >= 0.3 is 12.4 Å². The summed E-state index contributed by atoms with van der Waals surface area (Å²) < 4.78 is 84.1. The van der Waals surface area contributed by atoms with Crippen LogP contribution >= 0.6 is 0 Å². The minimum atomic E-state index is -4.90. The SMILES string of the molecule is CC1C=N[C@](COCc2cc(C(F)(F)F)cc(C(F)(F)F)c2)(c2ccccc2)CN1C. The van der Waals surface area contributed by atoms with Gasteiger partial charge in [0, 0.05) is 18.8 Å². The van der Waals surface area contributed by atoms with E-state index >= 15 is 0 Å². The summed E-state index contributed by atoms with van der Waals surface area (Å²) in [6.07, 6.45) is -8.02. The Bertz CT molecular complexity index is 894. The van der Waals surface area contributed by atoms with Crippen LogP contribution in [0.25, 0.3) is 0 Å². The minimum Gasteiger partial charge on any atom is -0.374 e. The van der Waals surface area contributed by atoms with Gasteiger partial charge in [0.15, 0.2) is 0 Å². The van der Waals surface area contributed by atoms with Crippen LogP contribution in [0.15, 0.2) is 53.5 Å². The molecule has 0 aromatic heterocycles. The van der Waals surface area contributed by atoms with Crippen LogP contribution in [0.5, 0.6) is 0 Å². The number of benzene rings is 2. The summed E-state index contributed by atoms with van der Waals surface area (Å²) in [4.78, 5) is 6.71. The topological polar surface area (TPSA) is 24.8 Å². The minimum absolute atomic E-state index is 0.00215. The number of ether oxygens (including phenoxy) is 1. The van der Waals surface area contributed by atoms with E-state index < -0.39 is 35.6 Å². The first-order chi connectivity index (χ1) is 14.4. The van der Waals surface area contributed by atoms with Crippen LogP contribution in [0.4, 0.5) is 26.3 Å². The monoisotopic (exact) mass is 444 g/mol. The molecule has 1 unspecified atom stereocenters. The first-order valence-corrected chi connectivity index (χ1v) is 9.58. The van der Waals surface area contributed by atoms with Crippen LogP contribution in [0, 0.1) is 0 Å². The molecule has 1 aliphatic rings. The number of likely N-dealkylation sites (N-methyl/N-ethyl adjacent to an activating group) is 1. The van der Waals surface area contributed by atoms with E-state index in [0.717, 1.165) is 5.56 Å². The van der Waals surface area contributed by atoms with Gasteiger partial charge in [-0.15, -0.1) is 0 Å². The van der Waals surface area contributed by atoms with Crippen molar-refractivity contribution in [2.45, 2.75) is 37.5 Å². The molecule has 0 amide bonds. The number of hydrogen-bond donors (Lipinski definition) is 0. The van der Waals surface area contributed by atoms with Crippen molar-refractivity contribution in [2.75, 3.05) is 20.2 Å². The summed E-state index contributed by atoms with van der Waals surface area (Å²) in [5.41, 5.74) is -2.88. The normalized spacial score (nSPS) is 22.6. The first kappa shape index (κ1) is 23.3. The molecule has 0 N–H and O–H groups in total. The van der Waals surface area contributed by atoms with Crippen molar-refractivity contribution >= 4 is 6.21 Å². The summed E-state index contributed by atoms with van der Waals surface area (Å²) in [6, 6.07) is 10.8. The van der Waals surface area contributed by atoms with Crippen molar-refractivity contribution in [1.82, 2.24) is 4.90 Å². The van der Waals surface area contributed by atoms with Gasteiger partial charge in [-0.05, 0) is 43.3 Å². The highest BCUT2D eigenvalue weighted by Crippen LogP contribution is 2.37. The molecule has 3 rings (SSSR count). The zero-order valence-electron chi connectivity index (χ0n) is 17.0. The molecule has 2 aromatic carbocycles. The summed E-state index contributed by atoms with van der Waals surface area (Å²) >= 11 is 0. The molecule has 0 fully saturated rings. The molecule has 0 spiro atoms. The number of aliphatic imine (C=N–C) groups is 1. The maximum absolute atomic E-state index is 13.1. The first-order valence-electron chi connectivity index (χ1n) is 9.58. The van der Waals surface area contributed by atoms with Gasteiger partial charge in [0.2, 0.25) is 0 Å². The lowest BCUT2D eigenvalue weighted by Gasteiger charge is -2.39. The molecule has 3 nitrogen and oxygen atoms in total. The predicted octanol–water partition coefficient (Wildman–Crippen LogP) is 5.54. The van der Waals surface area contributed by atoms with Crippen molar-refractivity contribution in [3.05, 3.63) is 70.8 Å². The quantitative estimate of drug-likeness (QED) is 0.566. The lowest BCUT2D eigenvalue weighted by atomic mass is 9.89. The predicted molar refractivity (Wildman–Crippen MR) is 105 cm³/mol. The Balaban J connectivity index is 1.85. The standard InChI is InChI=1S/C22H22F6N2O/c1-15-11-29-20(13-30(15)2,17-6-4-3-5-7-17)14-31-12-16-8-18(21(23,24)25)10-19(9-16)22(26,27)28/h3-11,15H,12-14H2,1-2H3/t15?,20-/m1/s1. The third-order valence-electron chi connectivity index (χ3n) is 5.31. The molecule has 1 aliphatic heterocycles. The third-order valence-corrected chi connectivity index (χ3v) is 5.31. The third kappa shape index (κ3) is 5.46. The van der Waals surface area contributed by atoms with E-state index in [1.807, 2.05) is 44.3 Å². The average Bonchev–Trinajstić information content (AvgIpc) is 2.70. The Hall–Kier alpha value is -2.39. The zero-order valence-corrected chi connectivity index (χ0v) is 17.0. The maximum atomic E-state index is 13.1. The Morgan fingerprint density at radius 3 is 2.10 bits per heavy atom. The second kappa shape index (κ2) is 8.63. The zero-order chi connectivity index (χ0) is 22.9. The van der Waals surface area contributed by atoms with E-state index in [-0.39, 0.29) is 24.3 Å². The summed E-state index contributed by atoms with van der Waals surface area (Å²) in [7, 11) is 1.91. The molecule has 0 saturated heterocycles. The molecule has 0 aliphatic carbocycles. The van der Waals surface area contributed by atoms with Crippen LogP contribution in [-0.4, -0.2) is 37.4 Å². The average molecular weight is 444 g/mol. The number of rotatable bonds is 5. The molecular weight excluding hydrogens is 422 g/mol. The summed E-state index contributed by atoms with van der Waals surface area (Å²) in [5.74, 6) is 0. The van der Waals surface area contributed by atoms with E-state index in [2.05, 4.69) is 9.89 Å². The maximum Gasteiger partial charge on any atom is 0.416 e. The molecule has 0 saturated carbocycles. The van der Waals surface area contributed by atoms with Gasteiger partial charge in [0.05, 0.1) is 24.3 Å². The Kier molecular flexibility index (Phi) is 6.48. The van der Waals surface area contributed by atoms with Crippen molar-refractivity contribution < 1.29 is 31.1 Å². The molecule has 168 valence electrons. The molecule has 1 heterocycles. The second-order valence-electron chi connectivity index (χ2n) is 7.74. The highest BCUT2D eigenvalue weighted by Gasteiger charge is 2.38. The lowest BCUT2D eigenvalue weighted by molar-refractivity contribution is -0.143. The number of hydrogen-bond acceptors (Lipinski definition) is 3. The van der Waals surface area contributed by atoms with Crippen molar-refractivity contribution in [2.24, 2.45) is 4.99 Å². The second-order valence-corrected chi connectivity index (χ2v) is 7.74. The van der Waals surface area contributed by atoms with Gasteiger partial charge < -0.3 is 4.74 Å². The molecule has 0 bridgehead atoms. The van der Waals surface area contributed by atoms with Gasteiger partial charge in [-0.2, -0.15) is 26.3 Å². The largest absolute Gasteiger partial charge is 0.416 e. The molecule has 0 radical (unpaired) electrons. The summed E-state index contributed by atoms with van der Waals surface area (Å²) in [6.45, 7) is 2.06. The smallest absolute Gasteiger partial charge is 0.374 e. The molecule has 31 heavy (non-hydrogen) atoms. The van der Waals surface area contributed by atoms with E-state index in [9.17, 15) is 26.3 Å². The highest BCUT2D eigenvalue weighted by atomic mass is 19.4. The fourth-order valence-corrected chi connectivity index (χ4v) is 3.48. The van der Waals surface area contributed by atoms with Crippen molar-refractivity contribution in [3.8, 4) is 0 Å². The number of halogens is 6. The van der Waals surface area contributed by atoms with Crippen LogP contribution in [0.2, 0.25) is 0 Å². The van der Waals surface area contributed by atoms with E-state index in [4.69, 9.17) is 4.74 Å². The fourth-order valence-electron chi connectivity index (χ4n) is 3.48. The van der Waals surface area contributed by atoms with Crippen LogP contribution in [0.1, 0.15) is 29.2 Å². The van der Waals surface area contributed by atoms with Gasteiger partial charge in [0.1, 0.15) is 5.54 Å². The van der Waals surface area contributed by atoms with Gasteiger partial charge in [0.25, 0.3) is 0 Å². The fraction of sp³-hybridized carbons (Fsp3) is 0.409. The van der Waals surface area contributed by atoms with Crippen molar-refractivity contribution in [3.63, 3.8) is 0 Å². The van der Waals surface area contributed by atoms with Gasteiger partial charge in [-0.25, -0.2) is 0 Å². The number of nitrogens with zero attached hydrogens (tertiary/aromatic N) is 2. The Morgan fingerprint density at radius 1 is 1.00 bits per heavy atom. The van der Waals surface area contributed by atoms with Crippen LogP contribution < -0.4 is 0 Å². The van der Waals surface area contributed by atoms with E-state index in [1.54, 1.807) is 6.21 Å². The van der Waals surface area contributed by atoms with Gasteiger partial charge in [-0.3, -0.25) is 9.89 Å². The summed E-state index contributed by atoms with van der Waals surface area (Å²) in [5, 5.41) is 0. The molecule has 2 aromatic rings. The lowest BCUT2D eigenvalue weighted by Crippen LogP contribution is -2.49. The molecule has 2 atom stereocenters. The van der Waals surface area contributed by atoms with Crippen molar-refractivity contribution in [1.29, 1.82) is 0 Å². The Labute approximate surface area is 176 Å². The van der Waals surface area contributed by atoms with Gasteiger partial charge in [-0.1, -0.05) is 30.3 Å². The highest BCUT2D eigenvalue weighted by molar-refractivity contribution is 5.66.